The SMILES string of the molecule is C/C=C\C(=C/C)C(OCCOCn1ccc(=O)[nH]c1=O)(c1ccccc1)c1ccccc1. The number of rotatable bonds is 10. The Hall–Kier alpha value is -3.48. The van der Waals surface area contributed by atoms with E-state index < -0.39 is 16.9 Å². The number of ether oxygens (including phenoxy) is 2. The molecule has 0 aliphatic carbocycles. The molecule has 6 nitrogen and oxygen atoms in total. The highest BCUT2D eigenvalue weighted by Crippen LogP contribution is 2.41. The predicted molar refractivity (Wildman–Crippen MR) is 125 cm³/mol. The molecule has 0 saturated carbocycles. The van der Waals surface area contributed by atoms with Gasteiger partial charge < -0.3 is 9.47 Å². The van der Waals surface area contributed by atoms with Gasteiger partial charge in [-0.15, -0.1) is 0 Å². The minimum Gasteiger partial charge on any atom is -0.358 e. The van der Waals surface area contributed by atoms with E-state index in [-0.39, 0.29) is 19.9 Å². The van der Waals surface area contributed by atoms with E-state index in [1.54, 1.807) is 0 Å². The van der Waals surface area contributed by atoms with Crippen molar-refractivity contribution in [2.24, 2.45) is 0 Å². The zero-order chi connectivity index (χ0) is 22.8. The summed E-state index contributed by atoms with van der Waals surface area (Å²) in [5, 5.41) is 0. The summed E-state index contributed by atoms with van der Waals surface area (Å²) in [6.45, 7) is 4.55. The molecule has 1 aromatic heterocycles. The molecule has 1 heterocycles. The normalized spacial score (nSPS) is 12.4. The van der Waals surface area contributed by atoms with Crippen LogP contribution in [0.25, 0.3) is 0 Å². The van der Waals surface area contributed by atoms with Gasteiger partial charge >= 0.3 is 5.69 Å². The Bertz CT molecular complexity index is 1120. The van der Waals surface area contributed by atoms with E-state index in [0.717, 1.165) is 16.7 Å². The fourth-order valence-corrected chi connectivity index (χ4v) is 3.65. The van der Waals surface area contributed by atoms with E-state index in [2.05, 4.69) is 41.4 Å². The summed E-state index contributed by atoms with van der Waals surface area (Å²) < 4.78 is 13.6. The first kappa shape index (κ1) is 23.2. The second kappa shape index (κ2) is 11.2. The van der Waals surface area contributed by atoms with E-state index in [9.17, 15) is 9.59 Å². The minimum atomic E-state index is -0.817. The Morgan fingerprint density at radius 1 is 0.938 bits per heavy atom. The first-order valence-electron chi connectivity index (χ1n) is 10.5. The molecule has 1 N–H and O–H groups in total. The Morgan fingerprint density at radius 2 is 1.56 bits per heavy atom. The van der Waals surface area contributed by atoms with Crippen molar-refractivity contribution in [3.8, 4) is 0 Å². The molecule has 6 heteroatoms. The first-order chi connectivity index (χ1) is 15.6. The minimum absolute atomic E-state index is 0.0218. The molecule has 0 fully saturated rings. The lowest BCUT2D eigenvalue weighted by Crippen LogP contribution is -2.35. The topological polar surface area (TPSA) is 73.3 Å². The fourth-order valence-electron chi connectivity index (χ4n) is 3.65. The van der Waals surface area contributed by atoms with Crippen molar-refractivity contribution in [3.05, 3.63) is 129 Å². The van der Waals surface area contributed by atoms with Gasteiger partial charge in [-0.05, 0) is 30.5 Å². The monoisotopic (exact) mass is 432 g/mol. The third-order valence-electron chi connectivity index (χ3n) is 5.10. The van der Waals surface area contributed by atoms with Crippen LogP contribution < -0.4 is 11.2 Å². The highest BCUT2D eigenvalue weighted by atomic mass is 16.5. The molecule has 0 aliphatic rings. The molecule has 0 radical (unpaired) electrons. The molecule has 0 unspecified atom stereocenters. The third kappa shape index (κ3) is 5.22. The number of benzene rings is 2. The molecule has 32 heavy (non-hydrogen) atoms. The summed E-state index contributed by atoms with van der Waals surface area (Å²) in [5.41, 5.74) is 1.26. The van der Waals surface area contributed by atoms with Crippen LogP contribution in [0.2, 0.25) is 0 Å². The number of allylic oxidation sites excluding steroid dienone is 2. The van der Waals surface area contributed by atoms with Crippen LogP contribution in [0.15, 0.2) is 106 Å². The number of hydrogen-bond donors (Lipinski definition) is 1. The number of nitrogens with zero attached hydrogens (tertiary/aromatic N) is 1. The van der Waals surface area contributed by atoms with E-state index in [1.807, 2.05) is 56.3 Å². The van der Waals surface area contributed by atoms with E-state index in [4.69, 9.17) is 9.47 Å². The quantitative estimate of drug-likeness (QED) is 0.388. The molecule has 0 saturated heterocycles. The summed E-state index contributed by atoms with van der Waals surface area (Å²) in [7, 11) is 0. The zero-order valence-electron chi connectivity index (χ0n) is 18.4. The van der Waals surface area contributed by atoms with Crippen LogP contribution in [0.3, 0.4) is 0 Å². The molecule has 3 aromatic rings. The lowest BCUT2D eigenvalue weighted by atomic mass is 9.79. The van der Waals surface area contributed by atoms with Crippen LogP contribution in [0.1, 0.15) is 25.0 Å². The van der Waals surface area contributed by atoms with Crippen molar-refractivity contribution >= 4 is 0 Å². The summed E-state index contributed by atoms with van der Waals surface area (Å²) >= 11 is 0. The second-order valence-corrected chi connectivity index (χ2v) is 7.12. The maximum Gasteiger partial charge on any atom is 0.330 e. The number of aromatic nitrogens is 2. The van der Waals surface area contributed by atoms with Gasteiger partial charge in [-0.3, -0.25) is 14.3 Å². The van der Waals surface area contributed by atoms with Crippen LogP contribution in [-0.4, -0.2) is 22.8 Å². The summed E-state index contributed by atoms with van der Waals surface area (Å²) in [6, 6.07) is 21.5. The summed E-state index contributed by atoms with van der Waals surface area (Å²) in [5.74, 6) is 0. The van der Waals surface area contributed by atoms with Crippen LogP contribution >= 0.6 is 0 Å². The van der Waals surface area contributed by atoms with Crippen molar-refractivity contribution in [3.63, 3.8) is 0 Å². The highest BCUT2D eigenvalue weighted by molar-refractivity contribution is 5.49. The van der Waals surface area contributed by atoms with Crippen LogP contribution in [0.5, 0.6) is 0 Å². The van der Waals surface area contributed by atoms with Gasteiger partial charge in [0.25, 0.3) is 5.56 Å². The van der Waals surface area contributed by atoms with Crippen LogP contribution in [0, 0.1) is 0 Å². The predicted octanol–water partition coefficient (Wildman–Crippen LogP) is 3.99. The molecule has 0 amide bonds. The van der Waals surface area contributed by atoms with E-state index in [1.165, 1.54) is 16.8 Å². The van der Waals surface area contributed by atoms with Crippen LogP contribution in [0.4, 0.5) is 0 Å². The molecule has 2 aromatic carbocycles. The van der Waals surface area contributed by atoms with Crippen molar-refractivity contribution in [1.29, 1.82) is 0 Å². The smallest absolute Gasteiger partial charge is 0.330 e. The number of nitrogens with one attached hydrogen (secondary N) is 1. The largest absolute Gasteiger partial charge is 0.358 e. The van der Waals surface area contributed by atoms with Crippen molar-refractivity contribution in [2.45, 2.75) is 26.2 Å². The average Bonchev–Trinajstić information content (AvgIpc) is 2.82. The first-order valence-corrected chi connectivity index (χ1v) is 10.5. The van der Waals surface area contributed by atoms with E-state index >= 15 is 0 Å². The fraction of sp³-hybridized carbons (Fsp3) is 0.231. The zero-order valence-corrected chi connectivity index (χ0v) is 18.4. The lowest BCUT2D eigenvalue weighted by molar-refractivity contribution is -0.0374. The second-order valence-electron chi connectivity index (χ2n) is 7.12. The molecule has 0 bridgehead atoms. The summed E-state index contributed by atoms with van der Waals surface area (Å²) in [4.78, 5) is 25.2. The molecule has 0 spiro atoms. The molecule has 166 valence electrons. The standard InChI is InChI=1S/C26H28N2O4/c1-3-11-21(4-2)26(22-12-7-5-8-13-22,23-14-9-6-10-15-23)32-19-18-31-20-28-17-16-24(29)27-25(28)30/h3-17H,18-20H2,1-2H3,(H,27,29,30)/b11-3-,21-4+. The Balaban J connectivity index is 1.87. The van der Waals surface area contributed by atoms with Gasteiger partial charge in [0.1, 0.15) is 12.3 Å². The maximum absolute atomic E-state index is 11.8. The van der Waals surface area contributed by atoms with Crippen molar-refractivity contribution in [1.82, 2.24) is 9.55 Å². The van der Waals surface area contributed by atoms with Crippen molar-refractivity contribution < 1.29 is 9.47 Å². The van der Waals surface area contributed by atoms with Gasteiger partial charge in [-0.25, -0.2) is 4.79 Å². The average molecular weight is 433 g/mol. The van der Waals surface area contributed by atoms with Gasteiger partial charge in [-0.2, -0.15) is 0 Å². The van der Waals surface area contributed by atoms with Crippen molar-refractivity contribution in [2.75, 3.05) is 13.2 Å². The number of H-pyrrole nitrogens is 1. The van der Waals surface area contributed by atoms with Gasteiger partial charge in [-0.1, -0.05) is 78.9 Å². The molecule has 0 aliphatic heterocycles. The van der Waals surface area contributed by atoms with Gasteiger partial charge in [0, 0.05) is 12.3 Å². The Kier molecular flexibility index (Phi) is 8.14. The molecule has 0 atom stereocenters. The number of aromatic amines is 1. The number of hydrogen-bond acceptors (Lipinski definition) is 4. The summed E-state index contributed by atoms with van der Waals surface area (Å²) in [6.07, 6.45) is 7.52. The van der Waals surface area contributed by atoms with Gasteiger partial charge in [0.2, 0.25) is 0 Å². The Labute approximate surface area is 187 Å². The van der Waals surface area contributed by atoms with Gasteiger partial charge in [0.15, 0.2) is 0 Å². The molecular weight excluding hydrogens is 404 g/mol. The third-order valence-corrected chi connectivity index (χ3v) is 5.10. The molecular formula is C26H28N2O4. The highest BCUT2D eigenvalue weighted by Gasteiger charge is 2.37. The van der Waals surface area contributed by atoms with E-state index in [0.29, 0.717) is 0 Å². The lowest BCUT2D eigenvalue weighted by Gasteiger charge is -2.36. The Morgan fingerprint density at radius 3 is 2.09 bits per heavy atom. The molecule has 3 rings (SSSR count). The van der Waals surface area contributed by atoms with Gasteiger partial charge in [0.05, 0.1) is 13.2 Å². The maximum atomic E-state index is 11.8. The van der Waals surface area contributed by atoms with Crippen LogP contribution in [-0.2, 0) is 21.8 Å².